The molecule has 17 heavy (non-hydrogen) atoms. The van der Waals surface area contributed by atoms with E-state index in [4.69, 9.17) is 10.9 Å². The van der Waals surface area contributed by atoms with Gasteiger partial charge in [-0.25, -0.2) is 4.98 Å². The second-order valence-electron chi connectivity index (χ2n) is 4.36. The van der Waals surface area contributed by atoms with Crippen molar-refractivity contribution in [1.82, 2.24) is 4.98 Å². The van der Waals surface area contributed by atoms with Crippen LogP contribution in [0.5, 0.6) is 0 Å². The lowest BCUT2D eigenvalue weighted by Crippen LogP contribution is -2.33. The van der Waals surface area contributed by atoms with Crippen molar-refractivity contribution >= 4 is 11.7 Å². The first-order chi connectivity index (χ1) is 8.24. The Kier molecular flexibility index (Phi) is 3.46. The smallest absolute Gasteiger partial charge is 0.174 e. The summed E-state index contributed by atoms with van der Waals surface area (Å²) in [5.41, 5.74) is 7.47. The molecule has 1 aromatic heterocycles. The van der Waals surface area contributed by atoms with E-state index in [0.717, 1.165) is 30.0 Å². The molecule has 0 aliphatic carbocycles. The fraction of sp³-hybridized carbons (Fsp3) is 0.500. The van der Waals surface area contributed by atoms with E-state index >= 15 is 0 Å². The van der Waals surface area contributed by atoms with Gasteiger partial charge in [-0.2, -0.15) is 0 Å². The summed E-state index contributed by atoms with van der Waals surface area (Å²) in [4.78, 5) is 6.60. The largest absolute Gasteiger partial charge is 0.409 e. The third-order valence-corrected chi connectivity index (χ3v) is 3.16. The van der Waals surface area contributed by atoms with Crippen LogP contribution in [-0.4, -0.2) is 29.1 Å². The quantitative estimate of drug-likeness (QED) is 0.352. The van der Waals surface area contributed by atoms with E-state index in [1.54, 1.807) is 6.20 Å². The van der Waals surface area contributed by atoms with Gasteiger partial charge in [0.05, 0.1) is 5.56 Å². The summed E-state index contributed by atoms with van der Waals surface area (Å²) in [6, 6.07) is 1.88. The van der Waals surface area contributed by atoms with Gasteiger partial charge in [-0.05, 0) is 37.8 Å². The maximum atomic E-state index is 8.85. The number of hydrogen-bond acceptors (Lipinski definition) is 4. The summed E-state index contributed by atoms with van der Waals surface area (Å²) in [6.07, 6.45) is 5.38. The summed E-state index contributed by atoms with van der Waals surface area (Å²) in [7, 11) is 0. The molecule has 0 bridgehead atoms. The van der Waals surface area contributed by atoms with Gasteiger partial charge in [0.2, 0.25) is 0 Å². The minimum atomic E-state index is 0.135. The SMILES string of the molecule is Cc1ccnc(N2CCCCC2)c1/C(N)=N/O. The van der Waals surface area contributed by atoms with Crippen LogP contribution in [0.4, 0.5) is 5.82 Å². The molecule has 5 nitrogen and oxygen atoms in total. The van der Waals surface area contributed by atoms with Gasteiger partial charge < -0.3 is 15.8 Å². The highest BCUT2D eigenvalue weighted by molar-refractivity contribution is 6.02. The van der Waals surface area contributed by atoms with Gasteiger partial charge in [0.15, 0.2) is 5.84 Å². The Morgan fingerprint density at radius 1 is 1.41 bits per heavy atom. The van der Waals surface area contributed by atoms with Crippen LogP contribution in [0.2, 0.25) is 0 Å². The van der Waals surface area contributed by atoms with Crippen molar-refractivity contribution in [3.05, 3.63) is 23.4 Å². The molecule has 1 aliphatic rings. The van der Waals surface area contributed by atoms with Crippen LogP contribution >= 0.6 is 0 Å². The number of rotatable bonds is 2. The van der Waals surface area contributed by atoms with Crippen LogP contribution in [0.15, 0.2) is 17.4 Å². The molecule has 0 unspecified atom stereocenters. The maximum absolute atomic E-state index is 8.85. The van der Waals surface area contributed by atoms with Gasteiger partial charge in [-0.1, -0.05) is 5.16 Å². The number of anilines is 1. The number of amidine groups is 1. The molecule has 1 saturated heterocycles. The Morgan fingerprint density at radius 3 is 2.76 bits per heavy atom. The van der Waals surface area contributed by atoms with Crippen LogP contribution < -0.4 is 10.6 Å². The van der Waals surface area contributed by atoms with E-state index in [-0.39, 0.29) is 5.84 Å². The fourth-order valence-electron chi connectivity index (χ4n) is 2.26. The van der Waals surface area contributed by atoms with E-state index in [1.165, 1.54) is 19.3 Å². The highest BCUT2D eigenvalue weighted by atomic mass is 16.4. The number of aromatic nitrogens is 1. The Balaban J connectivity index is 2.41. The van der Waals surface area contributed by atoms with E-state index in [9.17, 15) is 0 Å². The molecule has 0 radical (unpaired) electrons. The first-order valence-electron chi connectivity index (χ1n) is 5.92. The third-order valence-electron chi connectivity index (χ3n) is 3.16. The van der Waals surface area contributed by atoms with Crippen molar-refractivity contribution in [2.75, 3.05) is 18.0 Å². The van der Waals surface area contributed by atoms with Gasteiger partial charge >= 0.3 is 0 Å². The van der Waals surface area contributed by atoms with Gasteiger partial charge in [0, 0.05) is 19.3 Å². The van der Waals surface area contributed by atoms with Crippen molar-refractivity contribution in [2.24, 2.45) is 10.9 Å². The molecule has 0 amide bonds. The molecule has 0 aromatic carbocycles. The normalized spacial score (nSPS) is 17.2. The van der Waals surface area contributed by atoms with Crippen molar-refractivity contribution < 1.29 is 5.21 Å². The summed E-state index contributed by atoms with van der Waals surface area (Å²) in [5, 5.41) is 12.0. The average molecular weight is 234 g/mol. The summed E-state index contributed by atoms with van der Waals surface area (Å²) < 4.78 is 0. The number of oxime groups is 1. The monoisotopic (exact) mass is 234 g/mol. The Morgan fingerprint density at radius 2 is 2.12 bits per heavy atom. The van der Waals surface area contributed by atoms with Crippen LogP contribution in [0, 0.1) is 6.92 Å². The molecule has 92 valence electrons. The van der Waals surface area contributed by atoms with Crippen LogP contribution in [-0.2, 0) is 0 Å². The molecular formula is C12H18N4O. The first-order valence-corrected chi connectivity index (χ1v) is 5.92. The Bertz CT molecular complexity index is 425. The molecule has 0 spiro atoms. The zero-order valence-corrected chi connectivity index (χ0v) is 10.1. The van der Waals surface area contributed by atoms with Crippen LogP contribution in [0.3, 0.4) is 0 Å². The predicted molar refractivity (Wildman–Crippen MR) is 67.5 cm³/mol. The van der Waals surface area contributed by atoms with Gasteiger partial charge in [-0.15, -0.1) is 0 Å². The second-order valence-corrected chi connectivity index (χ2v) is 4.36. The topological polar surface area (TPSA) is 74.7 Å². The number of nitrogens with zero attached hydrogens (tertiary/aromatic N) is 3. The minimum absolute atomic E-state index is 0.135. The lowest BCUT2D eigenvalue weighted by atomic mass is 10.1. The van der Waals surface area contributed by atoms with E-state index in [0.29, 0.717) is 0 Å². The summed E-state index contributed by atoms with van der Waals surface area (Å²) in [6.45, 7) is 3.92. The highest BCUT2D eigenvalue weighted by Crippen LogP contribution is 2.23. The standard InChI is InChI=1S/C12H18N4O/c1-9-5-6-14-12(10(9)11(13)15-17)16-7-3-2-4-8-16/h5-6,17H,2-4,7-8H2,1H3,(H2,13,15). The van der Waals surface area contributed by atoms with Crippen LogP contribution in [0.25, 0.3) is 0 Å². The molecule has 2 rings (SSSR count). The number of pyridine rings is 1. The van der Waals surface area contributed by atoms with Crippen molar-refractivity contribution in [3.63, 3.8) is 0 Å². The van der Waals surface area contributed by atoms with E-state index < -0.39 is 0 Å². The Hall–Kier alpha value is -1.78. The molecular weight excluding hydrogens is 216 g/mol. The van der Waals surface area contributed by atoms with Gasteiger partial charge in [0.1, 0.15) is 5.82 Å². The number of hydrogen-bond donors (Lipinski definition) is 2. The maximum Gasteiger partial charge on any atom is 0.174 e. The van der Waals surface area contributed by atoms with E-state index in [2.05, 4.69) is 15.0 Å². The van der Waals surface area contributed by atoms with Crippen molar-refractivity contribution in [1.29, 1.82) is 0 Å². The van der Waals surface area contributed by atoms with E-state index in [1.807, 2.05) is 13.0 Å². The Labute approximate surface area is 101 Å². The van der Waals surface area contributed by atoms with Crippen molar-refractivity contribution in [2.45, 2.75) is 26.2 Å². The number of piperidine rings is 1. The summed E-state index contributed by atoms with van der Waals surface area (Å²) in [5.74, 6) is 0.969. The molecule has 1 aromatic rings. The lowest BCUT2D eigenvalue weighted by Gasteiger charge is -2.29. The number of aryl methyl sites for hydroxylation is 1. The average Bonchev–Trinajstić information content (AvgIpc) is 2.38. The predicted octanol–water partition coefficient (Wildman–Crippen LogP) is 1.47. The first kappa shape index (κ1) is 11.7. The van der Waals surface area contributed by atoms with Crippen LogP contribution in [0.1, 0.15) is 30.4 Å². The molecule has 5 heteroatoms. The zero-order valence-electron chi connectivity index (χ0n) is 10.1. The molecule has 1 aliphatic heterocycles. The lowest BCUT2D eigenvalue weighted by molar-refractivity contribution is 0.318. The second kappa shape index (κ2) is 5.03. The molecule has 1 fully saturated rings. The molecule has 0 saturated carbocycles. The molecule has 2 heterocycles. The number of nitrogens with two attached hydrogens (primary N) is 1. The fourth-order valence-corrected chi connectivity index (χ4v) is 2.26. The van der Waals surface area contributed by atoms with Gasteiger partial charge in [-0.3, -0.25) is 0 Å². The highest BCUT2D eigenvalue weighted by Gasteiger charge is 2.19. The molecule has 3 N–H and O–H groups in total. The third kappa shape index (κ3) is 2.33. The summed E-state index contributed by atoms with van der Waals surface area (Å²) >= 11 is 0. The minimum Gasteiger partial charge on any atom is -0.409 e. The molecule has 0 atom stereocenters. The van der Waals surface area contributed by atoms with Crippen molar-refractivity contribution in [3.8, 4) is 0 Å². The van der Waals surface area contributed by atoms with Gasteiger partial charge in [0.25, 0.3) is 0 Å². The zero-order chi connectivity index (χ0) is 12.3.